The third kappa shape index (κ3) is 2.68. The Kier molecular flexibility index (Phi) is 4.28. The zero-order valence-electron chi connectivity index (χ0n) is 10.1. The topological polar surface area (TPSA) is 36.4 Å². The first kappa shape index (κ1) is 13.0. The molecule has 2 rings (SSSR count). The van der Waals surface area contributed by atoms with Gasteiger partial charge in [-0.1, -0.05) is 6.07 Å². The Labute approximate surface area is 110 Å². The van der Waals surface area contributed by atoms with Gasteiger partial charge < -0.3 is 10.0 Å². The van der Waals surface area contributed by atoms with Gasteiger partial charge >= 0.3 is 0 Å². The highest BCUT2D eigenvalue weighted by atomic mass is 32.1. The van der Waals surface area contributed by atoms with Crippen molar-refractivity contribution in [1.29, 1.82) is 0 Å². The highest BCUT2D eigenvalue weighted by molar-refractivity contribution is 7.09. The standard InChI is InChI=1S/C13H15FN2OS/c1-2-16(8-11-4-3-7-18-11)13-12(14)10(9-17)5-6-15-13/h3-7,17H,2,8-9H2,1H3. The van der Waals surface area contributed by atoms with Crippen molar-refractivity contribution in [1.82, 2.24) is 4.98 Å². The summed E-state index contributed by atoms with van der Waals surface area (Å²) < 4.78 is 14.1. The van der Waals surface area contributed by atoms with E-state index >= 15 is 0 Å². The van der Waals surface area contributed by atoms with Crippen LogP contribution in [0.5, 0.6) is 0 Å². The number of anilines is 1. The van der Waals surface area contributed by atoms with E-state index in [4.69, 9.17) is 5.11 Å². The van der Waals surface area contributed by atoms with E-state index in [1.165, 1.54) is 12.3 Å². The van der Waals surface area contributed by atoms with E-state index in [0.717, 1.165) is 4.88 Å². The zero-order chi connectivity index (χ0) is 13.0. The summed E-state index contributed by atoms with van der Waals surface area (Å²) in [5.74, 6) is -0.129. The van der Waals surface area contributed by atoms with E-state index in [1.807, 2.05) is 29.3 Å². The maximum absolute atomic E-state index is 14.1. The third-order valence-corrected chi connectivity index (χ3v) is 3.59. The van der Waals surface area contributed by atoms with Crippen molar-refractivity contribution in [3.05, 3.63) is 46.0 Å². The van der Waals surface area contributed by atoms with Gasteiger partial charge in [0.1, 0.15) is 0 Å². The number of pyridine rings is 1. The summed E-state index contributed by atoms with van der Waals surface area (Å²) in [5, 5.41) is 11.1. The van der Waals surface area contributed by atoms with Gasteiger partial charge in [-0.3, -0.25) is 0 Å². The molecule has 0 spiro atoms. The molecule has 0 atom stereocenters. The van der Waals surface area contributed by atoms with Gasteiger partial charge in [-0.05, 0) is 24.4 Å². The number of hydrogen-bond donors (Lipinski definition) is 1. The monoisotopic (exact) mass is 266 g/mol. The van der Waals surface area contributed by atoms with Crippen LogP contribution in [0.4, 0.5) is 10.2 Å². The number of nitrogens with zero attached hydrogens (tertiary/aromatic N) is 2. The van der Waals surface area contributed by atoms with Gasteiger partial charge in [-0.25, -0.2) is 9.37 Å². The summed E-state index contributed by atoms with van der Waals surface area (Å²) in [5.41, 5.74) is 0.282. The summed E-state index contributed by atoms with van der Waals surface area (Å²) >= 11 is 1.64. The quantitative estimate of drug-likeness (QED) is 0.904. The Morgan fingerprint density at radius 3 is 2.89 bits per heavy atom. The van der Waals surface area contributed by atoms with Crippen molar-refractivity contribution in [3.63, 3.8) is 0 Å². The molecule has 0 amide bonds. The van der Waals surface area contributed by atoms with Crippen LogP contribution >= 0.6 is 11.3 Å². The number of rotatable bonds is 5. The first-order valence-electron chi connectivity index (χ1n) is 5.77. The molecule has 18 heavy (non-hydrogen) atoms. The van der Waals surface area contributed by atoms with Crippen LogP contribution in [0.3, 0.4) is 0 Å². The van der Waals surface area contributed by atoms with E-state index in [-0.39, 0.29) is 12.2 Å². The van der Waals surface area contributed by atoms with Crippen LogP contribution in [-0.4, -0.2) is 16.6 Å². The molecule has 1 N–H and O–H groups in total. The molecular weight excluding hydrogens is 251 g/mol. The normalized spacial score (nSPS) is 10.6. The second-order valence-electron chi connectivity index (χ2n) is 3.86. The van der Waals surface area contributed by atoms with Crippen LogP contribution in [0.25, 0.3) is 0 Å². The van der Waals surface area contributed by atoms with Crippen LogP contribution in [0, 0.1) is 5.82 Å². The smallest absolute Gasteiger partial charge is 0.171 e. The van der Waals surface area contributed by atoms with Gasteiger partial charge in [0.05, 0.1) is 13.2 Å². The van der Waals surface area contributed by atoms with E-state index < -0.39 is 5.82 Å². The largest absolute Gasteiger partial charge is 0.392 e. The average molecular weight is 266 g/mol. The van der Waals surface area contributed by atoms with Gasteiger partial charge in [0.2, 0.25) is 0 Å². The maximum Gasteiger partial charge on any atom is 0.171 e. The first-order valence-corrected chi connectivity index (χ1v) is 6.65. The van der Waals surface area contributed by atoms with E-state index in [1.54, 1.807) is 11.3 Å². The summed E-state index contributed by atoms with van der Waals surface area (Å²) in [4.78, 5) is 7.10. The molecule has 0 saturated carbocycles. The van der Waals surface area contributed by atoms with Crippen molar-refractivity contribution in [3.8, 4) is 0 Å². The SMILES string of the molecule is CCN(Cc1cccs1)c1nccc(CO)c1F. The molecule has 0 radical (unpaired) electrons. The molecule has 96 valence electrons. The van der Waals surface area contributed by atoms with Crippen molar-refractivity contribution in [2.75, 3.05) is 11.4 Å². The highest BCUT2D eigenvalue weighted by Gasteiger charge is 2.15. The first-order chi connectivity index (χ1) is 8.76. The highest BCUT2D eigenvalue weighted by Crippen LogP contribution is 2.22. The lowest BCUT2D eigenvalue weighted by molar-refractivity contribution is 0.275. The van der Waals surface area contributed by atoms with E-state index in [2.05, 4.69) is 4.98 Å². The van der Waals surface area contributed by atoms with Crippen molar-refractivity contribution in [2.45, 2.75) is 20.1 Å². The minimum Gasteiger partial charge on any atom is -0.392 e. The Hall–Kier alpha value is -1.46. The molecule has 0 aliphatic heterocycles. The Balaban J connectivity index is 2.27. The average Bonchev–Trinajstić information content (AvgIpc) is 2.89. The molecular formula is C13H15FN2OS. The molecule has 3 nitrogen and oxygen atoms in total. The van der Waals surface area contributed by atoms with Gasteiger partial charge in [0.25, 0.3) is 0 Å². The number of hydrogen-bond acceptors (Lipinski definition) is 4. The fourth-order valence-electron chi connectivity index (χ4n) is 1.74. The van der Waals surface area contributed by atoms with Gasteiger partial charge in [-0.2, -0.15) is 0 Å². The van der Waals surface area contributed by atoms with E-state index in [9.17, 15) is 4.39 Å². The van der Waals surface area contributed by atoms with Crippen LogP contribution in [0.1, 0.15) is 17.4 Å². The molecule has 0 aliphatic carbocycles. The molecule has 0 saturated heterocycles. The number of aliphatic hydroxyl groups is 1. The third-order valence-electron chi connectivity index (χ3n) is 2.73. The zero-order valence-corrected chi connectivity index (χ0v) is 11.0. The predicted molar refractivity (Wildman–Crippen MR) is 71.2 cm³/mol. The van der Waals surface area contributed by atoms with Gasteiger partial charge in [-0.15, -0.1) is 11.3 Å². The molecule has 2 aromatic rings. The van der Waals surface area contributed by atoms with Crippen LogP contribution in [0.15, 0.2) is 29.8 Å². The summed E-state index contributed by atoms with van der Waals surface area (Å²) in [6.07, 6.45) is 1.53. The van der Waals surface area contributed by atoms with Crippen molar-refractivity contribution < 1.29 is 9.50 Å². The number of halogens is 1. The number of thiophene rings is 1. The van der Waals surface area contributed by atoms with Gasteiger partial charge in [0.15, 0.2) is 11.6 Å². The minimum absolute atomic E-state index is 0.282. The Morgan fingerprint density at radius 1 is 1.44 bits per heavy atom. The minimum atomic E-state index is -0.432. The molecule has 0 aliphatic rings. The van der Waals surface area contributed by atoms with Crippen LogP contribution in [-0.2, 0) is 13.2 Å². The van der Waals surface area contributed by atoms with E-state index in [0.29, 0.717) is 18.9 Å². The Morgan fingerprint density at radius 2 is 2.28 bits per heavy atom. The van der Waals surface area contributed by atoms with Crippen molar-refractivity contribution >= 4 is 17.2 Å². The van der Waals surface area contributed by atoms with Crippen LogP contribution in [0.2, 0.25) is 0 Å². The Bertz CT molecular complexity index is 502. The number of aliphatic hydroxyl groups excluding tert-OH is 1. The number of aromatic nitrogens is 1. The molecule has 2 aromatic heterocycles. The second-order valence-corrected chi connectivity index (χ2v) is 4.89. The van der Waals surface area contributed by atoms with Crippen LogP contribution < -0.4 is 4.90 Å². The fourth-order valence-corrected chi connectivity index (χ4v) is 2.46. The fraction of sp³-hybridized carbons (Fsp3) is 0.308. The second kappa shape index (κ2) is 5.93. The molecule has 0 bridgehead atoms. The lowest BCUT2D eigenvalue weighted by atomic mass is 10.2. The summed E-state index contributed by atoms with van der Waals surface area (Å²) in [7, 11) is 0. The molecule has 0 fully saturated rings. The summed E-state index contributed by atoms with van der Waals surface area (Å²) in [6.45, 7) is 2.95. The maximum atomic E-state index is 14.1. The van der Waals surface area contributed by atoms with Gasteiger partial charge in [0, 0.05) is 23.2 Å². The molecule has 2 heterocycles. The van der Waals surface area contributed by atoms with Crippen molar-refractivity contribution in [2.24, 2.45) is 0 Å². The molecule has 0 aromatic carbocycles. The molecule has 0 unspecified atom stereocenters. The summed E-state index contributed by atoms with van der Waals surface area (Å²) in [6, 6.07) is 5.49. The lowest BCUT2D eigenvalue weighted by Gasteiger charge is -2.22. The molecule has 5 heteroatoms. The predicted octanol–water partition coefficient (Wildman–Crippen LogP) is 2.80. The lowest BCUT2D eigenvalue weighted by Crippen LogP contribution is -2.24.